The summed E-state index contributed by atoms with van der Waals surface area (Å²) in [5, 5.41) is 12.5. The van der Waals surface area contributed by atoms with Crippen LogP contribution in [0.3, 0.4) is 0 Å². The summed E-state index contributed by atoms with van der Waals surface area (Å²) in [5.41, 5.74) is 1.24. The number of hydrogen-bond donors (Lipinski definition) is 2. The van der Waals surface area contributed by atoms with E-state index in [1.807, 2.05) is 12.1 Å². The van der Waals surface area contributed by atoms with Crippen LogP contribution in [0.15, 0.2) is 24.3 Å². The van der Waals surface area contributed by atoms with Gasteiger partial charge >= 0.3 is 0 Å². The van der Waals surface area contributed by atoms with E-state index >= 15 is 0 Å². The van der Waals surface area contributed by atoms with E-state index in [1.54, 1.807) is 12.1 Å². The molecule has 162 valence electrons. The van der Waals surface area contributed by atoms with Gasteiger partial charge in [0.05, 0.1) is 19.8 Å². The number of rotatable bonds is 8. The van der Waals surface area contributed by atoms with Gasteiger partial charge in [0.1, 0.15) is 5.75 Å². The molecule has 2 aliphatic rings. The molecule has 3 rings (SSSR count). The topological polar surface area (TPSA) is 65.0 Å². The number of benzene rings is 1. The van der Waals surface area contributed by atoms with Crippen LogP contribution in [-0.2, 0) is 16.0 Å². The number of carbonyl (C=O) groups is 1. The number of amides is 1. The summed E-state index contributed by atoms with van der Waals surface area (Å²) in [7, 11) is 0. The third-order valence-corrected chi connectivity index (χ3v) is 6.44. The smallest absolute Gasteiger partial charge is 0.234 e. The van der Waals surface area contributed by atoms with E-state index in [1.165, 1.54) is 12.0 Å². The average molecular weight is 404 g/mol. The first kappa shape index (κ1) is 22.1. The zero-order valence-corrected chi connectivity index (χ0v) is 18.0. The van der Waals surface area contributed by atoms with E-state index in [4.69, 9.17) is 4.74 Å². The van der Waals surface area contributed by atoms with Crippen molar-refractivity contribution in [1.29, 1.82) is 0 Å². The Bertz CT molecular complexity index is 633. The molecule has 2 heterocycles. The maximum Gasteiger partial charge on any atom is 0.234 e. The highest BCUT2D eigenvalue weighted by molar-refractivity contribution is 5.78. The zero-order chi connectivity index (χ0) is 20.7. The molecule has 0 atom stereocenters. The van der Waals surface area contributed by atoms with Crippen LogP contribution in [0.4, 0.5) is 0 Å². The Morgan fingerprint density at radius 2 is 1.79 bits per heavy atom. The Hall–Kier alpha value is -1.63. The summed E-state index contributed by atoms with van der Waals surface area (Å²) < 4.78 is 5.43. The lowest BCUT2D eigenvalue weighted by molar-refractivity contribution is -0.123. The normalized spacial score (nSPS) is 19.9. The van der Waals surface area contributed by atoms with Crippen molar-refractivity contribution in [1.82, 2.24) is 15.1 Å². The number of phenols is 1. The monoisotopic (exact) mass is 403 g/mol. The highest BCUT2D eigenvalue weighted by Crippen LogP contribution is 2.23. The number of nitrogens with zero attached hydrogens (tertiary/aromatic N) is 2. The van der Waals surface area contributed by atoms with Gasteiger partial charge in [0.15, 0.2) is 0 Å². The van der Waals surface area contributed by atoms with Crippen LogP contribution in [0, 0.1) is 5.92 Å². The molecule has 6 nitrogen and oxygen atoms in total. The third-order valence-electron chi connectivity index (χ3n) is 6.44. The predicted octanol–water partition coefficient (Wildman–Crippen LogP) is 2.26. The molecule has 6 heteroatoms. The van der Waals surface area contributed by atoms with Crippen LogP contribution in [0.2, 0.25) is 0 Å². The van der Waals surface area contributed by atoms with Crippen molar-refractivity contribution in [3.8, 4) is 5.75 Å². The van der Waals surface area contributed by atoms with Gasteiger partial charge in [-0.15, -0.1) is 0 Å². The second-order valence-corrected chi connectivity index (χ2v) is 9.11. The Morgan fingerprint density at radius 3 is 2.45 bits per heavy atom. The van der Waals surface area contributed by atoms with Crippen molar-refractivity contribution < 1.29 is 14.6 Å². The molecule has 2 saturated heterocycles. The lowest BCUT2D eigenvalue weighted by Crippen LogP contribution is -2.56. The van der Waals surface area contributed by atoms with Crippen molar-refractivity contribution in [2.24, 2.45) is 5.92 Å². The van der Waals surface area contributed by atoms with E-state index < -0.39 is 0 Å². The minimum absolute atomic E-state index is 0.0410. The third kappa shape index (κ3) is 6.98. The summed E-state index contributed by atoms with van der Waals surface area (Å²) in [5.74, 6) is 1.19. The summed E-state index contributed by atoms with van der Waals surface area (Å²) >= 11 is 0. The molecule has 0 saturated carbocycles. The van der Waals surface area contributed by atoms with Crippen molar-refractivity contribution >= 4 is 5.91 Å². The van der Waals surface area contributed by atoms with Crippen LogP contribution in [0.1, 0.15) is 38.7 Å². The van der Waals surface area contributed by atoms with Crippen molar-refractivity contribution in [2.75, 3.05) is 52.5 Å². The van der Waals surface area contributed by atoms with Gasteiger partial charge in [-0.05, 0) is 76.2 Å². The maximum absolute atomic E-state index is 12.4. The first-order valence-corrected chi connectivity index (χ1v) is 11.0. The molecule has 0 radical (unpaired) electrons. The number of aryl methyl sites for hydroxylation is 1. The van der Waals surface area contributed by atoms with E-state index in [0.717, 1.165) is 64.6 Å². The highest BCUT2D eigenvalue weighted by Gasteiger charge is 2.29. The van der Waals surface area contributed by atoms with Gasteiger partial charge in [-0.1, -0.05) is 12.1 Å². The van der Waals surface area contributed by atoms with Gasteiger partial charge in [-0.2, -0.15) is 0 Å². The zero-order valence-electron chi connectivity index (χ0n) is 18.0. The molecule has 1 amide bonds. The summed E-state index contributed by atoms with van der Waals surface area (Å²) in [6, 6.07) is 7.54. The second kappa shape index (κ2) is 10.4. The number of aromatic hydroxyl groups is 1. The number of hydrogen-bond acceptors (Lipinski definition) is 5. The fourth-order valence-corrected chi connectivity index (χ4v) is 4.32. The van der Waals surface area contributed by atoms with Gasteiger partial charge in [-0.25, -0.2) is 0 Å². The number of likely N-dealkylation sites (tertiary alicyclic amines) is 1. The Kier molecular flexibility index (Phi) is 7.92. The lowest BCUT2D eigenvalue weighted by atomic mass is 9.90. The fraction of sp³-hybridized carbons (Fsp3) is 0.696. The van der Waals surface area contributed by atoms with Gasteiger partial charge in [0.2, 0.25) is 5.91 Å². The fourth-order valence-electron chi connectivity index (χ4n) is 4.32. The van der Waals surface area contributed by atoms with E-state index in [2.05, 4.69) is 29.0 Å². The van der Waals surface area contributed by atoms with Crippen LogP contribution in [0.5, 0.6) is 5.75 Å². The standard InChI is InChI=1S/C23H37N3O3/c1-23(2,26-13-15-29-16-14-26)18-24-22(28)17-25-11-9-20(10-12-25)4-3-19-5-7-21(27)8-6-19/h5-8,20,27H,3-4,9-18H2,1-2H3,(H,24,28). The van der Waals surface area contributed by atoms with Crippen molar-refractivity contribution in [3.05, 3.63) is 29.8 Å². The SMILES string of the molecule is CC(C)(CNC(=O)CN1CCC(CCc2ccc(O)cc2)CC1)N1CCOCC1. The first-order valence-electron chi connectivity index (χ1n) is 11.0. The number of piperidine rings is 1. The Labute approximate surface area is 175 Å². The Balaban J connectivity index is 1.32. The molecule has 29 heavy (non-hydrogen) atoms. The first-order chi connectivity index (χ1) is 13.9. The number of phenolic OH excluding ortho intramolecular Hbond substituents is 1. The van der Waals surface area contributed by atoms with Crippen LogP contribution in [-0.4, -0.2) is 78.8 Å². The maximum atomic E-state index is 12.4. The minimum Gasteiger partial charge on any atom is -0.508 e. The molecule has 0 unspecified atom stereocenters. The molecule has 1 aromatic carbocycles. The van der Waals surface area contributed by atoms with Crippen molar-refractivity contribution in [2.45, 2.75) is 45.1 Å². The van der Waals surface area contributed by atoms with Gasteiger partial charge in [-0.3, -0.25) is 14.6 Å². The highest BCUT2D eigenvalue weighted by atomic mass is 16.5. The summed E-state index contributed by atoms with van der Waals surface area (Å²) in [4.78, 5) is 17.1. The molecular formula is C23H37N3O3. The van der Waals surface area contributed by atoms with Crippen LogP contribution in [0.25, 0.3) is 0 Å². The predicted molar refractivity (Wildman–Crippen MR) is 115 cm³/mol. The van der Waals surface area contributed by atoms with E-state index in [0.29, 0.717) is 18.8 Å². The molecule has 2 fully saturated rings. The molecule has 1 aromatic rings. The average Bonchev–Trinajstić information content (AvgIpc) is 2.74. The molecule has 0 aliphatic carbocycles. The minimum atomic E-state index is -0.0410. The molecule has 2 N–H and O–H groups in total. The van der Waals surface area contributed by atoms with E-state index in [9.17, 15) is 9.90 Å². The number of carbonyl (C=O) groups excluding carboxylic acids is 1. The molecule has 0 bridgehead atoms. The Morgan fingerprint density at radius 1 is 1.14 bits per heavy atom. The lowest BCUT2D eigenvalue weighted by Gasteiger charge is -2.41. The molecule has 2 aliphatic heterocycles. The largest absolute Gasteiger partial charge is 0.508 e. The van der Waals surface area contributed by atoms with Gasteiger partial charge in [0.25, 0.3) is 0 Å². The second-order valence-electron chi connectivity index (χ2n) is 9.11. The number of ether oxygens (including phenoxy) is 1. The molecular weight excluding hydrogens is 366 g/mol. The summed E-state index contributed by atoms with van der Waals surface area (Å²) in [6.07, 6.45) is 4.55. The van der Waals surface area contributed by atoms with Gasteiger partial charge < -0.3 is 15.2 Å². The van der Waals surface area contributed by atoms with Crippen LogP contribution >= 0.6 is 0 Å². The van der Waals surface area contributed by atoms with Gasteiger partial charge in [0, 0.05) is 25.2 Å². The molecule has 0 aromatic heterocycles. The quantitative estimate of drug-likeness (QED) is 0.697. The number of nitrogens with one attached hydrogen (secondary N) is 1. The van der Waals surface area contributed by atoms with Crippen molar-refractivity contribution in [3.63, 3.8) is 0 Å². The molecule has 0 spiro atoms. The summed E-state index contributed by atoms with van der Waals surface area (Å²) in [6.45, 7) is 11.0. The number of morpholine rings is 1. The van der Waals surface area contributed by atoms with E-state index in [-0.39, 0.29) is 11.4 Å². The van der Waals surface area contributed by atoms with Crippen LogP contribution < -0.4 is 5.32 Å².